The van der Waals surface area contributed by atoms with Gasteiger partial charge in [-0.25, -0.2) is 0 Å². The zero-order chi connectivity index (χ0) is 11.4. The van der Waals surface area contributed by atoms with Gasteiger partial charge in [-0.3, -0.25) is 0 Å². The summed E-state index contributed by atoms with van der Waals surface area (Å²) in [6.07, 6.45) is 10.0. The van der Waals surface area contributed by atoms with Gasteiger partial charge in [-0.1, -0.05) is 26.2 Å². The van der Waals surface area contributed by atoms with Gasteiger partial charge >= 0.3 is 0 Å². The minimum Gasteiger partial charge on any atom is -0.316 e. The van der Waals surface area contributed by atoms with Crippen LogP contribution in [0, 0.1) is 5.41 Å². The van der Waals surface area contributed by atoms with Crippen molar-refractivity contribution in [3.63, 3.8) is 0 Å². The molecule has 16 heavy (non-hydrogen) atoms. The molecular formula is C14H28N2. The molecule has 0 amide bonds. The predicted molar refractivity (Wildman–Crippen MR) is 69.7 cm³/mol. The average Bonchev–Trinajstić information content (AvgIpc) is 2.29. The van der Waals surface area contributed by atoms with Crippen LogP contribution < -0.4 is 5.32 Å². The SMILES string of the molecule is CNC1CCCN(CC2(C)CCCCC2)C1. The number of hydrogen-bond acceptors (Lipinski definition) is 2. The molecule has 2 aliphatic rings. The lowest BCUT2D eigenvalue weighted by Crippen LogP contribution is -2.48. The molecule has 1 aliphatic carbocycles. The summed E-state index contributed by atoms with van der Waals surface area (Å²) in [5.41, 5.74) is 0.619. The van der Waals surface area contributed by atoms with E-state index in [0.717, 1.165) is 6.04 Å². The number of rotatable bonds is 3. The highest BCUT2D eigenvalue weighted by atomic mass is 15.2. The Morgan fingerprint density at radius 1 is 1.19 bits per heavy atom. The van der Waals surface area contributed by atoms with Crippen LogP contribution in [0.5, 0.6) is 0 Å². The van der Waals surface area contributed by atoms with Crippen LogP contribution >= 0.6 is 0 Å². The second kappa shape index (κ2) is 5.50. The number of nitrogens with one attached hydrogen (secondary N) is 1. The molecule has 2 fully saturated rings. The monoisotopic (exact) mass is 224 g/mol. The van der Waals surface area contributed by atoms with E-state index in [1.165, 1.54) is 64.6 Å². The lowest BCUT2D eigenvalue weighted by Gasteiger charge is -2.41. The third-order valence-corrected chi connectivity index (χ3v) is 4.58. The molecule has 2 rings (SSSR count). The fourth-order valence-corrected chi connectivity index (χ4v) is 3.54. The van der Waals surface area contributed by atoms with Crippen molar-refractivity contribution in [1.29, 1.82) is 0 Å². The summed E-state index contributed by atoms with van der Waals surface area (Å²) in [5.74, 6) is 0. The molecule has 2 heteroatoms. The smallest absolute Gasteiger partial charge is 0.0192 e. The van der Waals surface area contributed by atoms with Gasteiger partial charge in [-0.2, -0.15) is 0 Å². The summed E-state index contributed by atoms with van der Waals surface area (Å²) in [7, 11) is 2.11. The quantitative estimate of drug-likeness (QED) is 0.793. The van der Waals surface area contributed by atoms with Crippen molar-refractivity contribution in [2.45, 2.75) is 57.9 Å². The molecule has 1 heterocycles. The Morgan fingerprint density at radius 3 is 2.62 bits per heavy atom. The molecule has 0 aromatic carbocycles. The van der Waals surface area contributed by atoms with Gasteiger partial charge in [0.15, 0.2) is 0 Å². The molecule has 1 unspecified atom stereocenters. The molecule has 0 radical (unpaired) electrons. The van der Waals surface area contributed by atoms with Crippen LogP contribution in [0.4, 0.5) is 0 Å². The second-order valence-electron chi connectivity index (χ2n) is 6.23. The maximum atomic E-state index is 3.44. The molecule has 0 bridgehead atoms. The third-order valence-electron chi connectivity index (χ3n) is 4.58. The standard InChI is InChI=1S/C14H28N2/c1-14(8-4-3-5-9-14)12-16-10-6-7-13(11-16)15-2/h13,15H,3-12H2,1-2H3. The van der Waals surface area contributed by atoms with E-state index in [0.29, 0.717) is 5.41 Å². The van der Waals surface area contributed by atoms with Crippen LogP contribution in [0.3, 0.4) is 0 Å². The van der Waals surface area contributed by atoms with Gasteiger partial charge in [0.25, 0.3) is 0 Å². The molecule has 1 atom stereocenters. The lowest BCUT2D eigenvalue weighted by atomic mass is 9.75. The van der Waals surface area contributed by atoms with Crippen LogP contribution in [0.1, 0.15) is 51.9 Å². The molecule has 0 aromatic rings. The van der Waals surface area contributed by atoms with Gasteiger partial charge < -0.3 is 10.2 Å². The van der Waals surface area contributed by atoms with Crippen LogP contribution in [-0.4, -0.2) is 37.6 Å². The van der Waals surface area contributed by atoms with Gasteiger partial charge in [0.1, 0.15) is 0 Å². The van der Waals surface area contributed by atoms with E-state index >= 15 is 0 Å². The normalized spacial score (nSPS) is 31.5. The maximum absolute atomic E-state index is 3.44. The van der Waals surface area contributed by atoms with Crippen molar-refractivity contribution in [2.75, 3.05) is 26.7 Å². The number of piperidine rings is 1. The first kappa shape index (κ1) is 12.4. The Kier molecular flexibility index (Phi) is 4.26. The fourth-order valence-electron chi connectivity index (χ4n) is 3.54. The van der Waals surface area contributed by atoms with Crippen LogP contribution in [0.2, 0.25) is 0 Å². The first-order valence-corrected chi connectivity index (χ1v) is 7.11. The van der Waals surface area contributed by atoms with E-state index in [-0.39, 0.29) is 0 Å². The summed E-state index contributed by atoms with van der Waals surface area (Å²) in [5, 5.41) is 3.44. The minimum atomic E-state index is 0.619. The van der Waals surface area contributed by atoms with Gasteiger partial charge in [-0.15, -0.1) is 0 Å². The van der Waals surface area contributed by atoms with Crippen molar-refractivity contribution in [1.82, 2.24) is 10.2 Å². The number of likely N-dealkylation sites (tertiary alicyclic amines) is 1. The Morgan fingerprint density at radius 2 is 1.94 bits per heavy atom. The first-order valence-electron chi connectivity index (χ1n) is 7.11. The van der Waals surface area contributed by atoms with E-state index in [1.807, 2.05) is 0 Å². The Balaban J connectivity index is 1.83. The number of hydrogen-bond donors (Lipinski definition) is 1. The highest BCUT2D eigenvalue weighted by Crippen LogP contribution is 2.36. The largest absolute Gasteiger partial charge is 0.316 e. The van der Waals surface area contributed by atoms with E-state index < -0.39 is 0 Å². The molecule has 1 saturated carbocycles. The third kappa shape index (κ3) is 3.21. The molecule has 2 nitrogen and oxygen atoms in total. The zero-order valence-corrected chi connectivity index (χ0v) is 11.1. The van der Waals surface area contributed by atoms with Crippen molar-refractivity contribution in [3.8, 4) is 0 Å². The number of likely N-dealkylation sites (N-methyl/N-ethyl adjacent to an activating group) is 1. The Labute approximate surface area is 101 Å². The van der Waals surface area contributed by atoms with Gasteiger partial charge in [0, 0.05) is 19.1 Å². The highest BCUT2D eigenvalue weighted by Gasteiger charge is 2.30. The molecule has 94 valence electrons. The van der Waals surface area contributed by atoms with E-state index in [2.05, 4.69) is 24.2 Å². The summed E-state index contributed by atoms with van der Waals surface area (Å²) in [6.45, 7) is 6.44. The highest BCUT2D eigenvalue weighted by molar-refractivity contribution is 4.85. The van der Waals surface area contributed by atoms with E-state index in [4.69, 9.17) is 0 Å². The Bertz CT molecular complexity index is 209. The van der Waals surface area contributed by atoms with Gasteiger partial charge in [0.2, 0.25) is 0 Å². The van der Waals surface area contributed by atoms with Crippen molar-refractivity contribution in [2.24, 2.45) is 5.41 Å². The fraction of sp³-hybridized carbons (Fsp3) is 1.00. The van der Waals surface area contributed by atoms with Gasteiger partial charge in [-0.05, 0) is 44.7 Å². The minimum absolute atomic E-state index is 0.619. The Hall–Kier alpha value is -0.0800. The van der Waals surface area contributed by atoms with Crippen molar-refractivity contribution < 1.29 is 0 Å². The summed E-state index contributed by atoms with van der Waals surface area (Å²) >= 11 is 0. The van der Waals surface area contributed by atoms with E-state index in [1.54, 1.807) is 0 Å². The molecule has 1 saturated heterocycles. The molecule has 1 N–H and O–H groups in total. The number of nitrogens with zero attached hydrogens (tertiary/aromatic N) is 1. The lowest BCUT2D eigenvalue weighted by molar-refractivity contribution is 0.0953. The van der Waals surface area contributed by atoms with Gasteiger partial charge in [0.05, 0.1) is 0 Å². The topological polar surface area (TPSA) is 15.3 Å². The van der Waals surface area contributed by atoms with Crippen molar-refractivity contribution >= 4 is 0 Å². The molecular weight excluding hydrogens is 196 g/mol. The predicted octanol–water partition coefficient (Wildman–Crippen LogP) is 2.64. The van der Waals surface area contributed by atoms with Crippen LogP contribution in [0.15, 0.2) is 0 Å². The van der Waals surface area contributed by atoms with Crippen LogP contribution in [0.25, 0.3) is 0 Å². The average molecular weight is 224 g/mol. The summed E-state index contributed by atoms with van der Waals surface area (Å²) in [4.78, 5) is 2.70. The zero-order valence-electron chi connectivity index (χ0n) is 11.1. The first-order chi connectivity index (χ1) is 7.72. The second-order valence-corrected chi connectivity index (χ2v) is 6.23. The molecule has 0 aromatic heterocycles. The van der Waals surface area contributed by atoms with Crippen molar-refractivity contribution in [3.05, 3.63) is 0 Å². The summed E-state index contributed by atoms with van der Waals surface area (Å²) < 4.78 is 0. The summed E-state index contributed by atoms with van der Waals surface area (Å²) in [6, 6.07) is 0.737. The maximum Gasteiger partial charge on any atom is 0.0192 e. The van der Waals surface area contributed by atoms with E-state index in [9.17, 15) is 0 Å². The molecule has 1 aliphatic heterocycles. The molecule has 0 spiro atoms. The van der Waals surface area contributed by atoms with Crippen LogP contribution in [-0.2, 0) is 0 Å².